The van der Waals surface area contributed by atoms with E-state index >= 15 is 0 Å². The van der Waals surface area contributed by atoms with Gasteiger partial charge in [-0.05, 0) is 25.2 Å². The highest BCUT2D eigenvalue weighted by Gasteiger charge is 2.28. The first-order chi connectivity index (χ1) is 7.52. The summed E-state index contributed by atoms with van der Waals surface area (Å²) in [5.74, 6) is 0.964. The Bertz CT molecular complexity index is 375. The molecule has 2 rings (SSSR count). The van der Waals surface area contributed by atoms with E-state index in [-0.39, 0.29) is 0 Å². The number of nitrogens with one attached hydrogen (secondary N) is 1. The van der Waals surface area contributed by atoms with E-state index in [1.165, 1.54) is 25.7 Å². The van der Waals surface area contributed by atoms with E-state index < -0.39 is 0 Å². The Morgan fingerprint density at radius 3 is 2.56 bits per heavy atom. The molecule has 1 saturated carbocycles. The molecular formula is C12H22N4. The van der Waals surface area contributed by atoms with Gasteiger partial charge in [0, 0.05) is 13.6 Å². The minimum absolute atomic E-state index is 0.435. The fourth-order valence-electron chi connectivity index (χ4n) is 2.59. The van der Waals surface area contributed by atoms with Crippen molar-refractivity contribution in [2.45, 2.75) is 39.5 Å². The lowest BCUT2D eigenvalue weighted by Crippen LogP contribution is -2.24. The van der Waals surface area contributed by atoms with Gasteiger partial charge in [0.05, 0.1) is 11.4 Å². The smallest absolute Gasteiger partial charge is 0.147 e. The van der Waals surface area contributed by atoms with Crippen LogP contribution in [0.3, 0.4) is 0 Å². The van der Waals surface area contributed by atoms with Crippen molar-refractivity contribution < 1.29 is 0 Å². The van der Waals surface area contributed by atoms with Crippen LogP contribution in [0.2, 0.25) is 0 Å². The van der Waals surface area contributed by atoms with Crippen LogP contribution in [-0.4, -0.2) is 16.3 Å². The summed E-state index contributed by atoms with van der Waals surface area (Å²) < 4.78 is 1.84. The minimum Gasteiger partial charge on any atom is -0.394 e. The van der Waals surface area contributed by atoms with Crippen LogP contribution in [0.25, 0.3) is 0 Å². The van der Waals surface area contributed by atoms with Gasteiger partial charge in [-0.1, -0.05) is 19.8 Å². The second-order valence-electron chi connectivity index (χ2n) is 5.34. The van der Waals surface area contributed by atoms with Crippen LogP contribution in [0.1, 0.15) is 38.3 Å². The molecule has 0 atom stereocenters. The molecule has 0 spiro atoms. The van der Waals surface area contributed by atoms with Gasteiger partial charge in [-0.15, -0.1) is 0 Å². The van der Waals surface area contributed by atoms with Gasteiger partial charge in [0.1, 0.15) is 5.82 Å². The maximum atomic E-state index is 5.99. The molecule has 0 radical (unpaired) electrons. The van der Waals surface area contributed by atoms with E-state index in [0.717, 1.165) is 23.7 Å². The highest BCUT2D eigenvalue weighted by molar-refractivity contribution is 5.64. The summed E-state index contributed by atoms with van der Waals surface area (Å²) in [5, 5.41) is 7.77. The molecule has 0 unspecified atom stereocenters. The van der Waals surface area contributed by atoms with Gasteiger partial charge in [0.25, 0.3) is 0 Å². The molecule has 0 saturated heterocycles. The van der Waals surface area contributed by atoms with E-state index in [1.54, 1.807) is 0 Å². The summed E-state index contributed by atoms with van der Waals surface area (Å²) in [4.78, 5) is 0. The quantitative estimate of drug-likeness (QED) is 0.825. The number of anilines is 2. The molecular weight excluding hydrogens is 200 g/mol. The van der Waals surface area contributed by atoms with Crippen molar-refractivity contribution >= 4 is 11.5 Å². The van der Waals surface area contributed by atoms with Gasteiger partial charge in [-0.2, -0.15) is 5.10 Å². The Labute approximate surface area is 97.2 Å². The first kappa shape index (κ1) is 11.3. The largest absolute Gasteiger partial charge is 0.394 e. The number of nitrogens with two attached hydrogens (primary N) is 1. The lowest BCUT2D eigenvalue weighted by Gasteiger charge is -2.24. The van der Waals surface area contributed by atoms with Gasteiger partial charge in [0.15, 0.2) is 0 Å². The number of aryl methyl sites for hydroxylation is 2. The lowest BCUT2D eigenvalue weighted by atomic mass is 9.89. The fourth-order valence-corrected chi connectivity index (χ4v) is 2.59. The molecule has 0 bridgehead atoms. The van der Waals surface area contributed by atoms with E-state index in [2.05, 4.69) is 17.3 Å². The van der Waals surface area contributed by atoms with E-state index in [0.29, 0.717) is 5.41 Å². The Balaban J connectivity index is 2.04. The monoisotopic (exact) mass is 222 g/mol. The molecule has 0 aliphatic heterocycles. The predicted octanol–water partition coefficient (Wildman–Crippen LogP) is 2.30. The van der Waals surface area contributed by atoms with Gasteiger partial charge in [0.2, 0.25) is 0 Å². The van der Waals surface area contributed by atoms with Crippen LogP contribution in [0.5, 0.6) is 0 Å². The maximum absolute atomic E-state index is 5.99. The molecule has 0 aromatic carbocycles. The molecule has 1 fully saturated rings. The van der Waals surface area contributed by atoms with Crippen LogP contribution < -0.4 is 11.1 Å². The van der Waals surface area contributed by atoms with Crippen LogP contribution in [0.4, 0.5) is 11.5 Å². The summed E-state index contributed by atoms with van der Waals surface area (Å²) in [5.41, 5.74) is 8.11. The van der Waals surface area contributed by atoms with Crippen molar-refractivity contribution in [3.8, 4) is 0 Å². The number of hydrogen-bond acceptors (Lipinski definition) is 3. The molecule has 1 aliphatic rings. The van der Waals surface area contributed by atoms with Gasteiger partial charge in [-0.3, -0.25) is 4.68 Å². The predicted molar refractivity (Wildman–Crippen MR) is 67.4 cm³/mol. The highest BCUT2D eigenvalue weighted by Crippen LogP contribution is 2.37. The van der Waals surface area contributed by atoms with Crippen LogP contribution >= 0.6 is 0 Å². The molecule has 4 nitrogen and oxygen atoms in total. The second kappa shape index (κ2) is 4.00. The Hall–Kier alpha value is -1.19. The zero-order valence-corrected chi connectivity index (χ0v) is 10.5. The number of rotatable bonds is 3. The molecule has 90 valence electrons. The third-order valence-electron chi connectivity index (χ3n) is 3.76. The Kier molecular flexibility index (Phi) is 2.82. The van der Waals surface area contributed by atoms with Crippen molar-refractivity contribution in [2.75, 3.05) is 17.6 Å². The number of nitrogen functional groups attached to an aromatic ring is 1. The molecule has 1 aliphatic carbocycles. The van der Waals surface area contributed by atoms with Crippen molar-refractivity contribution in [3.63, 3.8) is 0 Å². The zero-order valence-electron chi connectivity index (χ0n) is 10.5. The van der Waals surface area contributed by atoms with Gasteiger partial charge in [-0.25, -0.2) is 0 Å². The SMILES string of the molecule is Cc1nn(C)c(NCC2(C)CCCC2)c1N. The number of aromatic nitrogens is 2. The molecule has 0 amide bonds. The van der Waals surface area contributed by atoms with Crippen molar-refractivity contribution in [2.24, 2.45) is 12.5 Å². The van der Waals surface area contributed by atoms with E-state index in [1.807, 2.05) is 18.7 Å². The Morgan fingerprint density at radius 2 is 2.06 bits per heavy atom. The zero-order chi connectivity index (χ0) is 11.8. The number of hydrogen-bond donors (Lipinski definition) is 2. The van der Waals surface area contributed by atoms with Gasteiger partial charge < -0.3 is 11.1 Å². The van der Waals surface area contributed by atoms with Crippen molar-refractivity contribution in [1.29, 1.82) is 0 Å². The topological polar surface area (TPSA) is 55.9 Å². The average molecular weight is 222 g/mol. The molecule has 3 N–H and O–H groups in total. The third-order valence-corrected chi connectivity index (χ3v) is 3.76. The van der Waals surface area contributed by atoms with E-state index in [4.69, 9.17) is 5.73 Å². The minimum atomic E-state index is 0.435. The fraction of sp³-hybridized carbons (Fsp3) is 0.750. The van der Waals surface area contributed by atoms with Crippen LogP contribution in [-0.2, 0) is 7.05 Å². The standard InChI is InChI=1S/C12H22N4/c1-9-10(13)11(16(3)15-9)14-8-12(2)6-4-5-7-12/h14H,4-8,13H2,1-3H3. The van der Waals surface area contributed by atoms with Crippen LogP contribution in [0.15, 0.2) is 0 Å². The molecule has 1 aromatic heterocycles. The summed E-state index contributed by atoms with van der Waals surface area (Å²) >= 11 is 0. The molecule has 1 heterocycles. The summed E-state index contributed by atoms with van der Waals surface area (Å²) in [7, 11) is 1.93. The molecule has 4 heteroatoms. The molecule has 16 heavy (non-hydrogen) atoms. The first-order valence-corrected chi connectivity index (χ1v) is 6.05. The van der Waals surface area contributed by atoms with Gasteiger partial charge >= 0.3 is 0 Å². The van der Waals surface area contributed by atoms with Crippen molar-refractivity contribution in [3.05, 3.63) is 5.69 Å². The Morgan fingerprint density at radius 1 is 1.44 bits per heavy atom. The van der Waals surface area contributed by atoms with Crippen molar-refractivity contribution in [1.82, 2.24) is 9.78 Å². The maximum Gasteiger partial charge on any atom is 0.147 e. The normalized spacial score (nSPS) is 18.9. The van der Waals surface area contributed by atoms with Crippen LogP contribution in [0, 0.1) is 12.3 Å². The lowest BCUT2D eigenvalue weighted by molar-refractivity contribution is 0.361. The van der Waals surface area contributed by atoms with E-state index in [9.17, 15) is 0 Å². The second-order valence-corrected chi connectivity index (χ2v) is 5.34. The summed E-state index contributed by atoms with van der Waals surface area (Å²) in [6.07, 6.45) is 5.35. The molecule has 1 aromatic rings. The first-order valence-electron chi connectivity index (χ1n) is 6.05. The average Bonchev–Trinajstić information content (AvgIpc) is 2.73. The third kappa shape index (κ3) is 2.01. The summed E-state index contributed by atoms with van der Waals surface area (Å²) in [6.45, 7) is 5.29. The summed E-state index contributed by atoms with van der Waals surface area (Å²) in [6, 6.07) is 0. The number of nitrogens with zero attached hydrogens (tertiary/aromatic N) is 2. The highest BCUT2D eigenvalue weighted by atomic mass is 15.3.